The molecule has 0 radical (unpaired) electrons. The SMILES string of the molecule is COc1ccc(CO[N+](Cl)=C(C)c2ncccc2O)c(OC)c1OC. The molecule has 7 nitrogen and oxygen atoms in total. The van der Waals surface area contributed by atoms with Crippen LogP contribution in [0.15, 0.2) is 30.5 Å². The van der Waals surface area contributed by atoms with Crippen LogP contribution in [0.5, 0.6) is 23.0 Å². The molecule has 8 heteroatoms. The summed E-state index contributed by atoms with van der Waals surface area (Å²) in [4.78, 5) is 9.63. The third-order valence-corrected chi connectivity index (χ3v) is 3.86. The van der Waals surface area contributed by atoms with Crippen molar-refractivity contribution >= 4 is 17.5 Å². The number of aromatic hydroxyl groups is 1. The fourth-order valence-corrected chi connectivity index (χ4v) is 2.39. The molecule has 1 heterocycles. The van der Waals surface area contributed by atoms with E-state index in [4.69, 9.17) is 30.8 Å². The second-order valence-electron chi connectivity index (χ2n) is 4.97. The van der Waals surface area contributed by atoms with E-state index in [1.807, 2.05) is 0 Å². The summed E-state index contributed by atoms with van der Waals surface area (Å²) < 4.78 is 17.0. The summed E-state index contributed by atoms with van der Waals surface area (Å²) in [6, 6.07) is 6.69. The normalized spacial score (nSPS) is 11.6. The Kier molecular flexibility index (Phi) is 6.30. The van der Waals surface area contributed by atoms with Gasteiger partial charge >= 0.3 is 11.8 Å². The van der Waals surface area contributed by atoms with Gasteiger partial charge in [-0.1, -0.05) is 0 Å². The molecular formula is C17H20ClN2O5+. The van der Waals surface area contributed by atoms with E-state index < -0.39 is 0 Å². The van der Waals surface area contributed by atoms with Crippen LogP contribution >= 0.6 is 11.8 Å². The van der Waals surface area contributed by atoms with Crippen LogP contribution in [0, 0.1) is 0 Å². The minimum atomic E-state index is 0.0120. The monoisotopic (exact) mass is 367 g/mol. The molecule has 0 fully saturated rings. The van der Waals surface area contributed by atoms with Crippen molar-refractivity contribution in [2.75, 3.05) is 21.3 Å². The van der Waals surface area contributed by atoms with Gasteiger partial charge in [0.15, 0.2) is 23.8 Å². The number of methoxy groups -OCH3 is 3. The van der Waals surface area contributed by atoms with E-state index >= 15 is 0 Å². The Morgan fingerprint density at radius 2 is 1.84 bits per heavy atom. The molecule has 0 atom stereocenters. The lowest BCUT2D eigenvalue weighted by Gasteiger charge is -2.14. The average molecular weight is 368 g/mol. The van der Waals surface area contributed by atoms with Crippen molar-refractivity contribution in [2.24, 2.45) is 0 Å². The van der Waals surface area contributed by atoms with Crippen LogP contribution < -0.4 is 14.2 Å². The molecule has 0 spiro atoms. The Morgan fingerprint density at radius 1 is 1.12 bits per heavy atom. The highest BCUT2D eigenvalue weighted by Crippen LogP contribution is 2.40. The molecule has 0 aliphatic rings. The highest BCUT2D eigenvalue weighted by atomic mass is 35.5. The van der Waals surface area contributed by atoms with E-state index in [0.717, 1.165) is 4.26 Å². The molecule has 0 aliphatic carbocycles. The molecule has 2 aromatic rings. The molecule has 1 N–H and O–H groups in total. The fraction of sp³-hybridized carbons (Fsp3) is 0.294. The van der Waals surface area contributed by atoms with Crippen LogP contribution in [0.1, 0.15) is 18.2 Å². The summed E-state index contributed by atoms with van der Waals surface area (Å²) >= 11 is 6.14. The fourth-order valence-electron chi connectivity index (χ4n) is 2.26. The molecule has 2 rings (SSSR count). The lowest BCUT2D eigenvalue weighted by atomic mass is 10.2. The topological polar surface area (TPSA) is 73.1 Å². The number of rotatable bonds is 7. The van der Waals surface area contributed by atoms with Crippen LogP contribution in [0.3, 0.4) is 0 Å². The Bertz CT molecular complexity index is 780. The van der Waals surface area contributed by atoms with Crippen molar-refractivity contribution in [3.05, 3.63) is 41.7 Å². The van der Waals surface area contributed by atoms with Crippen molar-refractivity contribution < 1.29 is 28.4 Å². The standard InChI is InChI=1S/C17H19ClN2O5/c1-11(15-13(21)6-5-9-19-15)20(18)25-10-12-7-8-14(22-2)17(24-4)16(12)23-3/h5-9H,10H2,1-4H3/p+1. The van der Waals surface area contributed by atoms with Gasteiger partial charge in [-0.15, -0.1) is 0 Å². The maximum atomic E-state index is 9.85. The first kappa shape index (κ1) is 18.7. The summed E-state index contributed by atoms with van der Waals surface area (Å²) in [5, 5.41) is 9.85. The molecule has 25 heavy (non-hydrogen) atoms. The van der Waals surface area contributed by atoms with Gasteiger partial charge in [0, 0.05) is 18.7 Å². The minimum absolute atomic E-state index is 0.0120. The van der Waals surface area contributed by atoms with E-state index in [9.17, 15) is 5.11 Å². The first-order chi connectivity index (χ1) is 12.0. The maximum absolute atomic E-state index is 9.85. The molecule has 0 saturated carbocycles. The molecule has 0 bridgehead atoms. The molecular weight excluding hydrogens is 348 g/mol. The summed E-state index contributed by atoms with van der Waals surface area (Å²) in [5.41, 5.74) is 1.49. The van der Waals surface area contributed by atoms with Crippen molar-refractivity contribution in [3.8, 4) is 23.0 Å². The number of aromatic nitrogens is 1. The van der Waals surface area contributed by atoms with Gasteiger partial charge in [-0.25, -0.2) is 4.98 Å². The second kappa shape index (κ2) is 8.43. The molecule has 0 aliphatic heterocycles. The van der Waals surface area contributed by atoms with Crippen molar-refractivity contribution in [1.29, 1.82) is 0 Å². The first-order valence-corrected chi connectivity index (χ1v) is 7.71. The Morgan fingerprint density at radius 3 is 2.44 bits per heavy atom. The molecule has 0 amide bonds. The summed E-state index contributed by atoms with van der Waals surface area (Å²) in [6.07, 6.45) is 1.56. The van der Waals surface area contributed by atoms with Crippen molar-refractivity contribution in [1.82, 2.24) is 4.98 Å². The minimum Gasteiger partial charge on any atom is -0.505 e. The van der Waals surface area contributed by atoms with Gasteiger partial charge in [-0.2, -0.15) is 0 Å². The predicted molar refractivity (Wildman–Crippen MR) is 92.7 cm³/mol. The van der Waals surface area contributed by atoms with Gasteiger partial charge in [0.05, 0.1) is 25.6 Å². The largest absolute Gasteiger partial charge is 0.505 e. The number of hydrogen-bond acceptors (Lipinski definition) is 6. The number of nitrogens with zero attached hydrogens (tertiary/aromatic N) is 2. The third kappa shape index (κ3) is 4.06. The van der Waals surface area contributed by atoms with Gasteiger partial charge in [0.1, 0.15) is 5.75 Å². The third-order valence-electron chi connectivity index (χ3n) is 3.51. The molecule has 1 aromatic heterocycles. The van der Waals surface area contributed by atoms with E-state index in [-0.39, 0.29) is 12.4 Å². The highest BCUT2D eigenvalue weighted by molar-refractivity contribution is 6.10. The van der Waals surface area contributed by atoms with E-state index in [1.54, 1.807) is 38.4 Å². The summed E-state index contributed by atoms with van der Waals surface area (Å²) in [6.45, 7) is 1.79. The molecule has 1 aromatic carbocycles. The zero-order valence-electron chi connectivity index (χ0n) is 14.4. The van der Waals surface area contributed by atoms with Crippen molar-refractivity contribution in [3.63, 3.8) is 0 Å². The van der Waals surface area contributed by atoms with Crippen LogP contribution in [-0.2, 0) is 11.4 Å². The van der Waals surface area contributed by atoms with Gasteiger partial charge in [-0.05, 0) is 24.3 Å². The lowest BCUT2D eigenvalue weighted by Crippen LogP contribution is -2.14. The molecule has 0 unspecified atom stereocenters. The zero-order chi connectivity index (χ0) is 18.4. The predicted octanol–water partition coefficient (Wildman–Crippen LogP) is 2.92. The van der Waals surface area contributed by atoms with E-state index in [1.165, 1.54) is 20.3 Å². The number of pyridine rings is 1. The van der Waals surface area contributed by atoms with Crippen LogP contribution in [0.2, 0.25) is 0 Å². The average Bonchev–Trinajstić information content (AvgIpc) is 2.64. The lowest BCUT2D eigenvalue weighted by molar-refractivity contribution is -0.688. The first-order valence-electron chi connectivity index (χ1n) is 7.38. The number of ether oxygens (including phenoxy) is 3. The second-order valence-corrected chi connectivity index (χ2v) is 5.28. The van der Waals surface area contributed by atoms with Gasteiger partial charge in [0.25, 0.3) is 5.71 Å². The Labute approximate surface area is 151 Å². The van der Waals surface area contributed by atoms with Crippen LogP contribution in [-0.4, -0.2) is 41.4 Å². The van der Waals surface area contributed by atoms with E-state index in [2.05, 4.69) is 4.98 Å². The molecule has 134 valence electrons. The number of hydrogen-bond donors (Lipinski definition) is 1. The smallest absolute Gasteiger partial charge is 0.319 e. The Hall–Kier alpha value is -2.67. The van der Waals surface area contributed by atoms with E-state index in [0.29, 0.717) is 34.2 Å². The van der Waals surface area contributed by atoms with Gasteiger partial charge in [-0.3, -0.25) is 4.84 Å². The number of benzene rings is 1. The quantitative estimate of drug-likeness (QED) is 0.461. The van der Waals surface area contributed by atoms with Gasteiger partial charge in [0.2, 0.25) is 5.75 Å². The van der Waals surface area contributed by atoms with Gasteiger partial charge < -0.3 is 19.3 Å². The molecule has 0 saturated heterocycles. The zero-order valence-corrected chi connectivity index (χ0v) is 15.2. The van der Waals surface area contributed by atoms with Crippen molar-refractivity contribution in [2.45, 2.75) is 13.5 Å². The summed E-state index contributed by atoms with van der Waals surface area (Å²) in [7, 11) is 4.61. The Balaban J connectivity index is 2.26. The highest BCUT2D eigenvalue weighted by Gasteiger charge is 2.21. The number of halogens is 1. The van der Waals surface area contributed by atoms with Crippen LogP contribution in [0.4, 0.5) is 0 Å². The van der Waals surface area contributed by atoms with Crippen LogP contribution in [0.25, 0.3) is 0 Å². The summed E-state index contributed by atoms with van der Waals surface area (Å²) in [5.74, 6) is 1.52. The maximum Gasteiger partial charge on any atom is 0.319 e.